The molecular formula is C20H27BrN2. The zero-order chi connectivity index (χ0) is 15.5. The molecule has 2 unspecified atom stereocenters. The molecule has 0 radical (unpaired) electrons. The van der Waals surface area contributed by atoms with Crippen LogP contribution in [0.5, 0.6) is 0 Å². The second-order valence-electron chi connectivity index (χ2n) is 6.84. The molecule has 2 nitrogen and oxygen atoms in total. The number of benzene rings is 2. The summed E-state index contributed by atoms with van der Waals surface area (Å²) in [5.41, 5.74) is 15.7. The Hall–Kier alpha value is -1.16. The summed E-state index contributed by atoms with van der Waals surface area (Å²) in [4.78, 5) is 0. The molecule has 3 heteroatoms. The molecule has 4 N–H and O–H groups in total. The van der Waals surface area contributed by atoms with Crippen LogP contribution in [0, 0.1) is 0 Å². The Morgan fingerprint density at radius 1 is 0.652 bits per heavy atom. The number of rotatable bonds is 4. The predicted molar refractivity (Wildman–Crippen MR) is 103 cm³/mol. The number of hydrogen-bond acceptors (Lipinski definition) is 2. The van der Waals surface area contributed by atoms with E-state index in [0.717, 1.165) is 25.7 Å². The Morgan fingerprint density at radius 3 is 1.35 bits per heavy atom. The highest BCUT2D eigenvalue weighted by molar-refractivity contribution is 8.93. The van der Waals surface area contributed by atoms with Gasteiger partial charge in [-0.1, -0.05) is 73.5 Å². The molecule has 1 fully saturated rings. The summed E-state index contributed by atoms with van der Waals surface area (Å²) in [6.07, 6.45) is 6.08. The van der Waals surface area contributed by atoms with Gasteiger partial charge >= 0.3 is 0 Å². The van der Waals surface area contributed by atoms with Crippen molar-refractivity contribution in [2.24, 2.45) is 11.5 Å². The molecule has 1 aliphatic rings. The highest BCUT2D eigenvalue weighted by Crippen LogP contribution is 2.38. The molecule has 0 aliphatic heterocycles. The normalized spacial score (nSPS) is 27.2. The van der Waals surface area contributed by atoms with Crippen molar-refractivity contribution < 1.29 is 0 Å². The van der Waals surface area contributed by atoms with Gasteiger partial charge in [-0.3, -0.25) is 0 Å². The van der Waals surface area contributed by atoms with E-state index in [2.05, 4.69) is 48.5 Å². The number of nitrogens with two attached hydrogens (primary N) is 2. The first kappa shape index (κ1) is 18.2. The van der Waals surface area contributed by atoms with Crippen LogP contribution in [0.25, 0.3) is 0 Å². The zero-order valence-electron chi connectivity index (χ0n) is 13.6. The van der Waals surface area contributed by atoms with Gasteiger partial charge in [-0.2, -0.15) is 0 Å². The van der Waals surface area contributed by atoms with Gasteiger partial charge < -0.3 is 11.5 Å². The van der Waals surface area contributed by atoms with Crippen LogP contribution in [-0.2, 0) is 12.8 Å². The Balaban J connectivity index is 0.00000192. The second-order valence-corrected chi connectivity index (χ2v) is 6.84. The lowest BCUT2D eigenvalue weighted by molar-refractivity contribution is 0.145. The largest absolute Gasteiger partial charge is 0.323 e. The summed E-state index contributed by atoms with van der Waals surface area (Å²) < 4.78 is 0. The quantitative estimate of drug-likeness (QED) is 0.848. The molecule has 3 rings (SSSR count). The van der Waals surface area contributed by atoms with E-state index in [1.165, 1.54) is 24.0 Å². The molecule has 0 heterocycles. The monoisotopic (exact) mass is 374 g/mol. The third-order valence-corrected chi connectivity index (χ3v) is 5.21. The smallest absolute Gasteiger partial charge is 0.0380 e. The predicted octanol–water partition coefficient (Wildman–Crippen LogP) is 4.02. The molecule has 2 aromatic carbocycles. The fourth-order valence-corrected chi connectivity index (χ4v) is 3.83. The maximum absolute atomic E-state index is 6.89. The van der Waals surface area contributed by atoms with Crippen LogP contribution in [0.1, 0.15) is 36.8 Å². The summed E-state index contributed by atoms with van der Waals surface area (Å²) in [6, 6.07) is 21.1. The Kier molecular flexibility index (Phi) is 6.01. The topological polar surface area (TPSA) is 52.0 Å². The zero-order valence-corrected chi connectivity index (χ0v) is 15.3. The van der Waals surface area contributed by atoms with Crippen LogP contribution in [0.4, 0.5) is 0 Å². The standard InChI is InChI=1S/C20H26N2.BrH/c21-19(15-17-9-3-1-4-10-17)13-7-8-14-20(19,22)16-18-11-5-2-6-12-18;/h1-6,9-12H,7-8,13-16,21-22H2;1H. The summed E-state index contributed by atoms with van der Waals surface area (Å²) in [5, 5.41) is 0. The lowest BCUT2D eigenvalue weighted by atomic mass is 9.63. The molecule has 0 spiro atoms. The number of halogens is 1. The van der Waals surface area contributed by atoms with Gasteiger partial charge in [-0.05, 0) is 36.8 Å². The minimum Gasteiger partial charge on any atom is -0.323 e. The molecule has 0 bridgehead atoms. The van der Waals surface area contributed by atoms with Crippen LogP contribution < -0.4 is 11.5 Å². The van der Waals surface area contributed by atoms with E-state index in [1.807, 2.05) is 12.1 Å². The van der Waals surface area contributed by atoms with Crippen molar-refractivity contribution in [1.82, 2.24) is 0 Å². The van der Waals surface area contributed by atoms with E-state index >= 15 is 0 Å². The fraction of sp³-hybridized carbons (Fsp3) is 0.400. The average Bonchev–Trinajstić information content (AvgIpc) is 2.53. The Morgan fingerprint density at radius 2 is 1.00 bits per heavy atom. The van der Waals surface area contributed by atoms with Crippen LogP contribution in [0.2, 0.25) is 0 Å². The highest BCUT2D eigenvalue weighted by Gasteiger charge is 2.47. The van der Waals surface area contributed by atoms with E-state index in [9.17, 15) is 0 Å². The number of hydrogen-bond donors (Lipinski definition) is 2. The van der Waals surface area contributed by atoms with Crippen molar-refractivity contribution in [3.05, 3.63) is 71.8 Å². The average molecular weight is 375 g/mol. The van der Waals surface area contributed by atoms with Gasteiger partial charge in [0.2, 0.25) is 0 Å². The first-order chi connectivity index (χ1) is 10.6. The van der Waals surface area contributed by atoms with Crippen molar-refractivity contribution in [2.75, 3.05) is 0 Å². The minimum atomic E-state index is -0.331. The van der Waals surface area contributed by atoms with E-state index in [-0.39, 0.29) is 28.1 Å². The molecule has 23 heavy (non-hydrogen) atoms. The van der Waals surface area contributed by atoms with E-state index < -0.39 is 0 Å². The molecule has 0 aromatic heterocycles. The Labute approximate surface area is 150 Å². The van der Waals surface area contributed by atoms with Crippen molar-refractivity contribution in [3.8, 4) is 0 Å². The first-order valence-electron chi connectivity index (χ1n) is 8.27. The lowest BCUT2D eigenvalue weighted by Gasteiger charge is -2.50. The van der Waals surface area contributed by atoms with Crippen LogP contribution in [-0.4, -0.2) is 11.1 Å². The van der Waals surface area contributed by atoms with Crippen LogP contribution >= 0.6 is 17.0 Å². The van der Waals surface area contributed by atoms with E-state index in [4.69, 9.17) is 11.5 Å². The van der Waals surface area contributed by atoms with Crippen molar-refractivity contribution in [1.29, 1.82) is 0 Å². The van der Waals surface area contributed by atoms with Gasteiger partial charge in [0.25, 0.3) is 0 Å². The summed E-state index contributed by atoms with van der Waals surface area (Å²) >= 11 is 0. The van der Waals surface area contributed by atoms with Gasteiger partial charge in [0, 0.05) is 11.1 Å². The molecule has 0 saturated heterocycles. The maximum Gasteiger partial charge on any atom is 0.0380 e. The molecule has 1 saturated carbocycles. The van der Waals surface area contributed by atoms with Gasteiger partial charge in [-0.25, -0.2) is 0 Å². The molecule has 0 amide bonds. The van der Waals surface area contributed by atoms with Crippen molar-refractivity contribution >= 4 is 17.0 Å². The van der Waals surface area contributed by atoms with Gasteiger partial charge in [0.05, 0.1) is 0 Å². The third kappa shape index (κ3) is 4.03. The van der Waals surface area contributed by atoms with Crippen molar-refractivity contribution in [2.45, 2.75) is 49.6 Å². The minimum absolute atomic E-state index is 0. The summed E-state index contributed by atoms with van der Waals surface area (Å²) in [7, 11) is 0. The van der Waals surface area contributed by atoms with E-state index in [1.54, 1.807) is 0 Å². The highest BCUT2D eigenvalue weighted by atomic mass is 79.9. The van der Waals surface area contributed by atoms with E-state index in [0.29, 0.717) is 0 Å². The molecular weight excluding hydrogens is 348 g/mol. The van der Waals surface area contributed by atoms with Crippen molar-refractivity contribution in [3.63, 3.8) is 0 Å². The second kappa shape index (κ2) is 7.61. The van der Waals surface area contributed by atoms with Crippen LogP contribution in [0.3, 0.4) is 0 Å². The maximum atomic E-state index is 6.89. The summed E-state index contributed by atoms with van der Waals surface area (Å²) in [6.45, 7) is 0. The third-order valence-electron chi connectivity index (χ3n) is 5.21. The fourth-order valence-electron chi connectivity index (χ4n) is 3.83. The Bertz CT molecular complexity index is 546. The summed E-state index contributed by atoms with van der Waals surface area (Å²) in [5.74, 6) is 0. The molecule has 1 aliphatic carbocycles. The first-order valence-corrected chi connectivity index (χ1v) is 8.27. The van der Waals surface area contributed by atoms with Gasteiger partial charge in [0.15, 0.2) is 0 Å². The lowest BCUT2D eigenvalue weighted by Crippen LogP contribution is -2.69. The molecule has 124 valence electrons. The molecule has 2 atom stereocenters. The van der Waals surface area contributed by atoms with Gasteiger partial charge in [-0.15, -0.1) is 17.0 Å². The molecule has 2 aromatic rings. The van der Waals surface area contributed by atoms with Gasteiger partial charge in [0.1, 0.15) is 0 Å². The van der Waals surface area contributed by atoms with Crippen LogP contribution in [0.15, 0.2) is 60.7 Å². The SMILES string of the molecule is Br.NC1(Cc2ccccc2)CCCCC1(N)Cc1ccccc1.